The quantitative estimate of drug-likeness (QED) is 0.860. The zero-order valence-corrected chi connectivity index (χ0v) is 11.3. The van der Waals surface area contributed by atoms with Crippen molar-refractivity contribution in [3.63, 3.8) is 0 Å². The molecular formula is C13H8BrClF2O. The van der Waals surface area contributed by atoms with Gasteiger partial charge in [-0.3, -0.25) is 0 Å². The molecule has 0 saturated heterocycles. The van der Waals surface area contributed by atoms with Crippen LogP contribution in [-0.2, 0) is 0 Å². The standard InChI is InChI=1S/C13H8BrClF2O/c14-9-6-7(4-5-10(9)16)13(18)8-2-1-3-11(17)12(8)15/h1-6,13,18H. The van der Waals surface area contributed by atoms with Gasteiger partial charge in [0.15, 0.2) is 0 Å². The van der Waals surface area contributed by atoms with Gasteiger partial charge in [0.25, 0.3) is 0 Å². The lowest BCUT2D eigenvalue weighted by Crippen LogP contribution is -2.02. The molecule has 0 aromatic heterocycles. The van der Waals surface area contributed by atoms with E-state index < -0.39 is 17.7 Å². The summed E-state index contributed by atoms with van der Waals surface area (Å²) >= 11 is 8.81. The van der Waals surface area contributed by atoms with E-state index in [1.807, 2.05) is 0 Å². The highest BCUT2D eigenvalue weighted by Crippen LogP contribution is 2.31. The molecule has 1 unspecified atom stereocenters. The van der Waals surface area contributed by atoms with Gasteiger partial charge in [-0.2, -0.15) is 0 Å². The van der Waals surface area contributed by atoms with Crippen molar-refractivity contribution in [3.05, 3.63) is 68.7 Å². The van der Waals surface area contributed by atoms with Crippen LogP contribution in [0.5, 0.6) is 0 Å². The van der Waals surface area contributed by atoms with Gasteiger partial charge in [0.2, 0.25) is 0 Å². The van der Waals surface area contributed by atoms with Crippen molar-refractivity contribution in [1.29, 1.82) is 0 Å². The maximum atomic E-state index is 13.3. The molecule has 0 aliphatic carbocycles. The molecule has 0 aliphatic heterocycles. The second-order valence-corrected chi connectivity index (χ2v) is 4.95. The van der Waals surface area contributed by atoms with Crippen LogP contribution in [0.2, 0.25) is 5.02 Å². The topological polar surface area (TPSA) is 20.2 Å². The van der Waals surface area contributed by atoms with Gasteiger partial charge in [0.1, 0.15) is 17.7 Å². The fourth-order valence-electron chi connectivity index (χ4n) is 1.59. The van der Waals surface area contributed by atoms with Crippen LogP contribution in [0, 0.1) is 11.6 Å². The third kappa shape index (κ3) is 2.55. The lowest BCUT2D eigenvalue weighted by atomic mass is 10.0. The molecule has 2 aromatic carbocycles. The third-order valence-corrected chi connectivity index (χ3v) is 3.54. The molecule has 0 radical (unpaired) electrons. The Labute approximate surface area is 116 Å². The van der Waals surface area contributed by atoms with Gasteiger partial charge in [-0.25, -0.2) is 8.78 Å². The average Bonchev–Trinajstić information content (AvgIpc) is 2.35. The Balaban J connectivity index is 2.44. The first-order valence-corrected chi connectivity index (χ1v) is 6.24. The molecule has 2 rings (SSSR count). The minimum atomic E-state index is -1.11. The molecule has 0 heterocycles. The Hall–Kier alpha value is -0.970. The maximum absolute atomic E-state index is 13.3. The second kappa shape index (κ2) is 5.34. The molecule has 1 atom stereocenters. The summed E-state index contributed by atoms with van der Waals surface area (Å²) in [5.41, 5.74) is 0.672. The van der Waals surface area contributed by atoms with E-state index in [1.165, 1.54) is 36.4 Å². The van der Waals surface area contributed by atoms with Crippen molar-refractivity contribution in [3.8, 4) is 0 Å². The Morgan fingerprint density at radius 2 is 1.83 bits per heavy atom. The Bertz CT molecular complexity index is 589. The molecule has 0 bridgehead atoms. The number of aliphatic hydroxyl groups excluding tert-OH is 1. The van der Waals surface area contributed by atoms with Crippen molar-refractivity contribution < 1.29 is 13.9 Å². The molecular weight excluding hydrogens is 325 g/mol. The van der Waals surface area contributed by atoms with Crippen molar-refractivity contribution in [2.24, 2.45) is 0 Å². The lowest BCUT2D eigenvalue weighted by Gasteiger charge is -2.14. The molecule has 0 spiro atoms. The highest BCUT2D eigenvalue weighted by atomic mass is 79.9. The minimum Gasteiger partial charge on any atom is -0.384 e. The number of hydrogen-bond donors (Lipinski definition) is 1. The summed E-state index contributed by atoms with van der Waals surface area (Å²) in [7, 11) is 0. The van der Waals surface area contributed by atoms with Crippen LogP contribution in [0.3, 0.4) is 0 Å². The molecule has 1 nitrogen and oxygen atoms in total. The number of hydrogen-bond acceptors (Lipinski definition) is 1. The molecule has 2 aromatic rings. The molecule has 5 heteroatoms. The first-order chi connectivity index (χ1) is 8.50. The van der Waals surface area contributed by atoms with Crippen molar-refractivity contribution >= 4 is 27.5 Å². The van der Waals surface area contributed by atoms with E-state index in [-0.39, 0.29) is 15.1 Å². The molecule has 0 saturated carbocycles. The second-order valence-electron chi connectivity index (χ2n) is 3.72. The van der Waals surface area contributed by atoms with Gasteiger partial charge in [0.05, 0.1) is 9.50 Å². The van der Waals surface area contributed by atoms with E-state index in [0.29, 0.717) is 5.56 Å². The minimum absolute atomic E-state index is 0.134. The number of aliphatic hydroxyl groups is 1. The highest BCUT2D eigenvalue weighted by Gasteiger charge is 2.17. The number of rotatable bonds is 2. The summed E-state index contributed by atoms with van der Waals surface area (Å²) in [6, 6.07) is 8.26. The van der Waals surface area contributed by atoms with Crippen LogP contribution in [0.4, 0.5) is 8.78 Å². The largest absolute Gasteiger partial charge is 0.384 e. The van der Waals surface area contributed by atoms with E-state index in [4.69, 9.17) is 11.6 Å². The van der Waals surface area contributed by atoms with Gasteiger partial charge in [-0.05, 0) is 39.7 Å². The summed E-state index contributed by atoms with van der Waals surface area (Å²) in [5.74, 6) is -1.04. The van der Waals surface area contributed by atoms with Crippen LogP contribution >= 0.6 is 27.5 Å². The van der Waals surface area contributed by atoms with Crippen LogP contribution in [-0.4, -0.2) is 5.11 Å². The van der Waals surface area contributed by atoms with E-state index >= 15 is 0 Å². The van der Waals surface area contributed by atoms with E-state index in [9.17, 15) is 13.9 Å². The van der Waals surface area contributed by atoms with E-state index in [1.54, 1.807) is 0 Å². The first kappa shape index (κ1) is 13.5. The summed E-state index contributed by atoms with van der Waals surface area (Å²) in [6.45, 7) is 0. The summed E-state index contributed by atoms with van der Waals surface area (Å²) in [4.78, 5) is 0. The van der Waals surface area contributed by atoms with Gasteiger partial charge >= 0.3 is 0 Å². The lowest BCUT2D eigenvalue weighted by molar-refractivity contribution is 0.219. The predicted molar refractivity (Wildman–Crippen MR) is 69.6 cm³/mol. The van der Waals surface area contributed by atoms with Gasteiger partial charge in [-0.15, -0.1) is 0 Å². The number of benzene rings is 2. The summed E-state index contributed by atoms with van der Waals surface area (Å²) < 4.78 is 26.6. The Morgan fingerprint density at radius 1 is 1.11 bits per heavy atom. The van der Waals surface area contributed by atoms with E-state index in [0.717, 1.165) is 0 Å². The van der Waals surface area contributed by atoms with Gasteiger partial charge < -0.3 is 5.11 Å². The fraction of sp³-hybridized carbons (Fsp3) is 0.0769. The molecule has 1 N–H and O–H groups in total. The average molecular weight is 334 g/mol. The zero-order chi connectivity index (χ0) is 13.3. The monoisotopic (exact) mass is 332 g/mol. The van der Waals surface area contributed by atoms with Crippen LogP contribution < -0.4 is 0 Å². The molecule has 0 amide bonds. The Kier molecular flexibility index (Phi) is 4.00. The third-order valence-electron chi connectivity index (χ3n) is 2.54. The van der Waals surface area contributed by atoms with Crippen LogP contribution in [0.15, 0.2) is 40.9 Å². The first-order valence-electron chi connectivity index (χ1n) is 5.07. The fourth-order valence-corrected chi connectivity index (χ4v) is 2.22. The summed E-state index contributed by atoms with van der Waals surface area (Å²) in [5, 5.41) is 9.98. The van der Waals surface area contributed by atoms with Crippen molar-refractivity contribution in [1.82, 2.24) is 0 Å². The molecule has 0 fully saturated rings. The van der Waals surface area contributed by atoms with E-state index in [2.05, 4.69) is 15.9 Å². The van der Waals surface area contributed by atoms with Gasteiger partial charge in [0, 0.05) is 5.56 Å². The van der Waals surface area contributed by atoms with Gasteiger partial charge in [-0.1, -0.05) is 29.8 Å². The maximum Gasteiger partial charge on any atom is 0.142 e. The van der Waals surface area contributed by atoms with Crippen molar-refractivity contribution in [2.45, 2.75) is 6.10 Å². The normalized spacial score (nSPS) is 12.5. The molecule has 18 heavy (non-hydrogen) atoms. The Morgan fingerprint density at radius 3 is 2.50 bits per heavy atom. The van der Waals surface area contributed by atoms with Crippen LogP contribution in [0.1, 0.15) is 17.2 Å². The SMILES string of the molecule is OC(c1ccc(F)c(Br)c1)c1cccc(F)c1Cl. The molecule has 0 aliphatic rings. The number of halogens is 4. The summed E-state index contributed by atoms with van der Waals surface area (Å²) in [6.07, 6.45) is -1.11. The smallest absolute Gasteiger partial charge is 0.142 e. The zero-order valence-electron chi connectivity index (χ0n) is 9.00. The van der Waals surface area contributed by atoms with Crippen molar-refractivity contribution in [2.75, 3.05) is 0 Å². The predicted octanol–water partition coefficient (Wildman–Crippen LogP) is 4.46. The molecule has 94 valence electrons. The highest BCUT2D eigenvalue weighted by molar-refractivity contribution is 9.10. The van der Waals surface area contributed by atoms with Crippen LogP contribution in [0.25, 0.3) is 0 Å².